The first-order chi connectivity index (χ1) is 14.5. The number of benzene rings is 2. The van der Waals surface area contributed by atoms with Crippen molar-refractivity contribution in [3.05, 3.63) is 58.1 Å². The Bertz CT molecular complexity index is 871. The number of hydrazone groups is 1. The molecule has 2 rings (SSSR count). The highest BCUT2D eigenvalue weighted by Gasteiger charge is 2.13. The van der Waals surface area contributed by atoms with Gasteiger partial charge in [-0.2, -0.15) is 5.10 Å². The zero-order valence-electron chi connectivity index (χ0n) is 16.8. The molecule has 0 aromatic heterocycles. The lowest BCUT2D eigenvalue weighted by Crippen LogP contribution is -2.38. The molecule has 0 heterocycles. The van der Waals surface area contributed by atoms with Crippen molar-refractivity contribution in [2.45, 2.75) is 13.0 Å². The number of nitrogens with one attached hydrogen (secondary N) is 2. The first-order valence-corrected chi connectivity index (χ1v) is 9.99. The predicted octanol–water partition coefficient (Wildman–Crippen LogP) is 2.64. The predicted molar refractivity (Wildman–Crippen MR) is 117 cm³/mol. The van der Waals surface area contributed by atoms with Crippen molar-refractivity contribution < 1.29 is 23.8 Å². The molecule has 0 saturated carbocycles. The molecular weight excluding hydrogens is 454 g/mol. The number of halogens is 1. The van der Waals surface area contributed by atoms with Gasteiger partial charge in [-0.25, -0.2) is 5.43 Å². The number of carbonyl (C=O) groups excluding carboxylic acids is 2. The Balaban J connectivity index is 1.99. The number of amides is 2. The second-order valence-electron chi connectivity index (χ2n) is 6.10. The van der Waals surface area contributed by atoms with Crippen LogP contribution in [0.15, 0.2) is 52.0 Å². The second-order valence-corrected chi connectivity index (χ2v) is 7.01. The van der Waals surface area contributed by atoms with Gasteiger partial charge in [0.25, 0.3) is 0 Å². The molecule has 8 nitrogen and oxygen atoms in total. The smallest absolute Gasteiger partial charge is 0.329 e. The summed E-state index contributed by atoms with van der Waals surface area (Å²) >= 11 is 3.40. The normalized spacial score (nSPS) is 10.6. The van der Waals surface area contributed by atoms with E-state index < -0.39 is 11.8 Å². The van der Waals surface area contributed by atoms with E-state index in [-0.39, 0.29) is 0 Å². The van der Waals surface area contributed by atoms with Crippen molar-refractivity contribution in [3.8, 4) is 11.5 Å². The molecule has 0 bridgehead atoms. The van der Waals surface area contributed by atoms with Crippen molar-refractivity contribution in [1.29, 1.82) is 0 Å². The van der Waals surface area contributed by atoms with E-state index in [9.17, 15) is 9.59 Å². The Hall–Kier alpha value is -2.91. The molecule has 2 N–H and O–H groups in total. The zero-order valence-corrected chi connectivity index (χ0v) is 18.4. The summed E-state index contributed by atoms with van der Waals surface area (Å²) in [5.74, 6) is -0.618. The van der Waals surface area contributed by atoms with Gasteiger partial charge >= 0.3 is 11.8 Å². The molecule has 0 fully saturated rings. The van der Waals surface area contributed by atoms with Crippen LogP contribution in [0, 0.1) is 0 Å². The van der Waals surface area contributed by atoms with Crippen molar-refractivity contribution in [1.82, 2.24) is 10.7 Å². The fourth-order valence-corrected chi connectivity index (χ4v) is 2.66. The van der Waals surface area contributed by atoms with E-state index in [4.69, 9.17) is 14.2 Å². The summed E-state index contributed by atoms with van der Waals surface area (Å²) in [5.41, 5.74) is 3.77. The Morgan fingerprint density at radius 1 is 1.10 bits per heavy atom. The van der Waals surface area contributed by atoms with Gasteiger partial charge in [-0.3, -0.25) is 9.59 Å². The van der Waals surface area contributed by atoms with Crippen LogP contribution in [0.25, 0.3) is 0 Å². The molecule has 0 unspecified atom stereocenters. The van der Waals surface area contributed by atoms with Crippen molar-refractivity contribution >= 4 is 34.0 Å². The Morgan fingerprint density at radius 3 is 2.57 bits per heavy atom. The van der Waals surface area contributed by atoms with Gasteiger partial charge in [0.05, 0.1) is 13.3 Å². The number of ether oxygens (including phenoxy) is 3. The molecule has 9 heteroatoms. The van der Waals surface area contributed by atoms with Crippen LogP contribution in [0.4, 0.5) is 0 Å². The van der Waals surface area contributed by atoms with Gasteiger partial charge in [0.15, 0.2) is 11.5 Å². The minimum atomic E-state index is -0.858. The SMILES string of the molecule is COCCCNC(=O)C(=O)N/N=C\c1cccc(OC)c1OCc1ccc(Br)cc1. The lowest BCUT2D eigenvalue weighted by molar-refractivity contribution is -0.139. The quantitative estimate of drug-likeness (QED) is 0.237. The van der Waals surface area contributed by atoms with Crippen LogP contribution in [-0.4, -0.2) is 45.4 Å². The first-order valence-electron chi connectivity index (χ1n) is 9.19. The summed E-state index contributed by atoms with van der Waals surface area (Å²) in [5, 5.41) is 6.34. The van der Waals surface area contributed by atoms with Gasteiger partial charge in [0, 0.05) is 30.3 Å². The molecule has 0 saturated heterocycles. The molecule has 0 aliphatic rings. The maximum absolute atomic E-state index is 11.8. The number of para-hydroxylation sites is 1. The molecule has 160 valence electrons. The fourth-order valence-electron chi connectivity index (χ4n) is 2.40. The van der Waals surface area contributed by atoms with Gasteiger partial charge < -0.3 is 19.5 Å². The van der Waals surface area contributed by atoms with E-state index in [1.54, 1.807) is 32.4 Å². The van der Waals surface area contributed by atoms with Crippen LogP contribution in [-0.2, 0) is 20.9 Å². The molecule has 0 aliphatic heterocycles. The van der Waals surface area contributed by atoms with E-state index in [1.165, 1.54) is 6.21 Å². The van der Waals surface area contributed by atoms with E-state index in [0.717, 1.165) is 10.0 Å². The minimum Gasteiger partial charge on any atom is -0.493 e. The van der Waals surface area contributed by atoms with Crippen LogP contribution in [0.2, 0.25) is 0 Å². The number of carbonyl (C=O) groups is 2. The third-order valence-electron chi connectivity index (χ3n) is 3.91. The minimum absolute atomic E-state index is 0.324. The molecule has 0 spiro atoms. The molecule has 0 atom stereocenters. The molecule has 2 aromatic rings. The molecule has 2 aromatic carbocycles. The average molecular weight is 478 g/mol. The first kappa shape index (κ1) is 23.4. The standard InChI is InChI=1S/C21H24BrN3O5/c1-28-12-4-11-23-20(26)21(27)25-24-13-16-5-3-6-18(29-2)19(16)30-14-15-7-9-17(22)10-8-15/h3,5-10,13H,4,11-12,14H2,1-2H3,(H,23,26)(H,25,27)/b24-13-. The molecule has 2 amide bonds. The zero-order chi connectivity index (χ0) is 21.8. The highest BCUT2D eigenvalue weighted by Crippen LogP contribution is 2.31. The van der Waals surface area contributed by atoms with Crippen LogP contribution >= 0.6 is 15.9 Å². The molecule has 0 radical (unpaired) electrons. The maximum Gasteiger partial charge on any atom is 0.329 e. The van der Waals surface area contributed by atoms with Crippen molar-refractivity contribution in [2.75, 3.05) is 27.4 Å². The third kappa shape index (κ3) is 7.49. The van der Waals surface area contributed by atoms with Gasteiger partial charge in [-0.05, 0) is 36.2 Å². The largest absolute Gasteiger partial charge is 0.493 e. The number of hydrogen-bond donors (Lipinski definition) is 2. The van der Waals surface area contributed by atoms with E-state index in [0.29, 0.717) is 43.2 Å². The Kier molecular flexibility index (Phi) is 9.82. The average Bonchev–Trinajstić information content (AvgIpc) is 2.76. The topological polar surface area (TPSA) is 98.2 Å². The van der Waals surface area contributed by atoms with Gasteiger partial charge in [0.1, 0.15) is 6.61 Å². The molecule has 30 heavy (non-hydrogen) atoms. The van der Waals surface area contributed by atoms with Crippen LogP contribution < -0.4 is 20.2 Å². The lowest BCUT2D eigenvalue weighted by Gasteiger charge is -2.13. The number of nitrogens with zero attached hydrogens (tertiary/aromatic N) is 1. The summed E-state index contributed by atoms with van der Waals surface area (Å²) in [6, 6.07) is 13.0. The van der Waals surface area contributed by atoms with Crippen LogP contribution in [0.3, 0.4) is 0 Å². The molecule has 0 aliphatic carbocycles. The monoisotopic (exact) mass is 477 g/mol. The van der Waals surface area contributed by atoms with E-state index >= 15 is 0 Å². The van der Waals surface area contributed by atoms with Gasteiger partial charge in [0.2, 0.25) is 0 Å². The second kappa shape index (κ2) is 12.6. The highest BCUT2D eigenvalue weighted by molar-refractivity contribution is 9.10. The fraction of sp³-hybridized carbons (Fsp3) is 0.286. The summed E-state index contributed by atoms with van der Waals surface area (Å²) in [6.45, 7) is 1.16. The van der Waals surface area contributed by atoms with Gasteiger partial charge in [-0.1, -0.05) is 34.1 Å². The third-order valence-corrected chi connectivity index (χ3v) is 4.44. The highest BCUT2D eigenvalue weighted by atomic mass is 79.9. The van der Waals surface area contributed by atoms with Crippen LogP contribution in [0.5, 0.6) is 11.5 Å². The number of methoxy groups -OCH3 is 2. The Morgan fingerprint density at radius 2 is 1.87 bits per heavy atom. The summed E-state index contributed by atoms with van der Waals surface area (Å²) in [4.78, 5) is 23.5. The molecular formula is C21H24BrN3O5. The lowest BCUT2D eigenvalue weighted by atomic mass is 10.2. The van der Waals surface area contributed by atoms with E-state index in [2.05, 4.69) is 31.8 Å². The number of rotatable bonds is 10. The van der Waals surface area contributed by atoms with Crippen molar-refractivity contribution in [3.63, 3.8) is 0 Å². The summed E-state index contributed by atoms with van der Waals surface area (Å²) in [7, 11) is 3.11. The summed E-state index contributed by atoms with van der Waals surface area (Å²) in [6.07, 6.45) is 2.01. The van der Waals surface area contributed by atoms with Crippen molar-refractivity contribution in [2.24, 2.45) is 5.10 Å². The summed E-state index contributed by atoms with van der Waals surface area (Å²) < 4.78 is 17.2. The maximum atomic E-state index is 11.8. The number of hydrogen-bond acceptors (Lipinski definition) is 6. The van der Waals surface area contributed by atoms with Gasteiger partial charge in [-0.15, -0.1) is 0 Å². The van der Waals surface area contributed by atoms with E-state index in [1.807, 2.05) is 24.3 Å². The van der Waals surface area contributed by atoms with Crippen LogP contribution in [0.1, 0.15) is 17.5 Å². The Labute approximate surface area is 183 Å².